The molecular formula is C46H49IrN3OSi-2. The van der Waals surface area contributed by atoms with E-state index in [0.717, 1.165) is 61.3 Å². The molecule has 7 aromatic rings. The van der Waals surface area contributed by atoms with Crippen LogP contribution < -0.4 is 5.19 Å². The number of fused-ring (bicyclic) bond motifs is 3. The molecule has 0 fully saturated rings. The van der Waals surface area contributed by atoms with Gasteiger partial charge in [0.1, 0.15) is 0 Å². The third-order valence-corrected chi connectivity index (χ3v) is 11.6. The van der Waals surface area contributed by atoms with Crippen LogP contribution in [0.3, 0.4) is 0 Å². The molecule has 3 aromatic carbocycles. The van der Waals surface area contributed by atoms with Crippen molar-refractivity contribution in [1.82, 2.24) is 15.0 Å². The number of pyridine rings is 3. The smallest absolute Gasteiger partial charge is 0.216 e. The zero-order chi connectivity index (χ0) is 38.3. The molecule has 0 amide bonds. The van der Waals surface area contributed by atoms with Crippen molar-refractivity contribution in [3.8, 4) is 33.8 Å². The Labute approximate surface area is 327 Å². The minimum absolute atomic E-state index is 0. The Bertz CT molecular complexity index is 2390. The Morgan fingerprint density at radius 2 is 1.48 bits per heavy atom. The first-order valence-corrected chi connectivity index (χ1v) is 21.2. The predicted octanol–water partition coefficient (Wildman–Crippen LogP) is 12.1. The van der Waals surface area contributed by atoms with Crippen LogP contribution in [0.4, 0.5) is 0 Å². The van der Waals surface area contributed by atoms with Crippen molar-refractivity contribution in [2.45, 2.75) is 79.9 Å². The van der Waals surface area contributed by atoms with Crippen molar-refractivity contribution in [2.24, 2.45) is 5.92 Å². The second kappa shape index (κ2) is 16.2. The number of hydrogen-bond acceptors (Lipinski definition) is 4. The van der Waals surface area contributed by atoms with Gasteiger partial charge in [0.05, 0.1) is 19.4 Å². The molecule has 0 spiro atoms. The van der Waals surface area contributed by atoms with Crippen molar-refractivity contribution in [1.29, 1.82) is 0 Å². The zero-order valence-electron chi connectivity index (χ0n) is 33.9. The van der Waals surface area contributed by atoms with Crippen LogP contribution in [0.5, 0.6) is 0 Å². The monoisotopic (exact) mass is 882 g/mol. The molecule has 0 aliphatic rings. The second-order valence-electron chi connectivity index (χ2n) is 15.0. The largest absolute Gasteiger partial charge is 0.486 e. The summed E-state index contributed by atoms with van der Waals surface area (Å²) in [5.41, 5.74) is 11.5. The molecule has 4 nitrogen and oxygen atoms in total. The van der Waals surface area contributed by atoms with Crippen LogP contribution in [0.1, 0.15) is 71.4 Å². The maximum Gasteiger partial charge on any atom is 0.216 e. The third-order valence-electron chi connectivity index (χ3n) is 9.60. The van der Waals surface area contributed by atoms with Crippen molar-refractivity contribution >= 4 is 35.3 Å². The summed E-state index contributed by atoms with van der Waals surface area (Å²) in [5.74, 6) is -1.10. The number of benzene rings is 3. The SMILES string of the molecule is [2H]C(C)(C)c1cc(-c2[c-]cccc2)ncc1[Si](C)(C)C.[2H]C(C)(c1ccnc(-c2[c-]cc3oc4nc(-c5c(C)cccc5C)ccc4c3c2)c1)C(C)C.[Ir]. The summed E-state index contributed by atoms with van der Waals surface area (Å²) in [6, 6.07) is 34.7. The van der Waals surface area contributed by atoms with E-state index in [4.69, 9.17) is 12.1 Å². The minimum Gasteiger partial charge on any atom is -0.486 e. The average molecular weight is 882 g/mol. The van der Waals surface area contributed by atoms with Crippen molar-refractivity contribution in [3.63, 3.8) is 0 Å². The Hall–Kier alpha value is -4.22. The zero-order valence-corrected chi connectivity index (χ0v) is 35.3. The van der Waals surface area contributed by atoms with Gasteiger partial charge in [0.15, 0.2) is 0 Å². The van der Waals surface area contributed by atoms with Gasteiger partial charge >= 0.3 is 0 Å². The Kier molecular flexibility index (Phi) is 11.3. The van der Waals surface area contributed by atoms with Crippen molar-refractivity contribution < 1.29 is 27.3 Å². The van der Waals surface area contributed by atoms with E-state index in [0.29, 0.717) is 5.71 Å². The van der Waals surface area contributed by atoms with Crippen LogP contribution in [0.25, 0.3) is 55.8 Å². The van der Waals surface area contributed by atoms with Gasteiger partial charge in [-0.3, -0.25) is 0 Å². The summed E-state index contributed by atoms with van der Waals surface area (Å²) in [4.78, 5) is 14.0. The number of furan rings is 1. The van der Waals surface area contributed by atoms with Gasteiger partial charge in [-0.05, 0) is 77.5 Å². The molecule has 0 saturated carbocycles. The molecule has 269 valence electrons. The van der Waals surface area contributed by atoms with Gasteiger partial charge in [-0.15, -0.1) is 59.7 Å². The maximum atomic E-state index is 8.76. The standard InChI is InChI=1S/C29H27N2O.C17H22NSi.Ir/c1-17(2)20(5)21-13-14-30-26(16-21)22-9-12-27-24(15-22)23-10-11-25(31-29(23)32-27)28-18(3)7-6-8-19(28)4;1-13(2)15-11-16(14-9-7-6-8-10-14)18-12-17(15)19(3,4)5;/h6-8,10-17,20H,1-5H3;6-9,11-13H,1-5H3;/q2*-1;/i20D;13D;. The van der Waals surface area contributed by atoms with Crippen LogP contribution in [0.15, 0.2) is 102 Å². The van der Waals surface area contributed by atoms with Gasteiger partial charge in [0.25, 0.3) is 0 Å². The predicted molar refractivity (Wildman–Crippen MR) is 217 cm³/mol. The van der Waals surface area contributed by atoms with Gasteiger partial charge < -0.3 is 14.4 Å². The van der Waals surface area contributed by atoms with Crippen molar-refractivity contribution in [2.75, 3.05) is 0 Å². The molecule has 4 aromatic heterocycles. The van der Waals surface area contributed by atoms with Gasteiger partial charge in [-0.1, -0.05) is 101 Å². The summed E-state index contributed by atoms with van der Waals surface area (Å²) in [6.07, 6.45) is 3.76. The molecule has 6 heteroatoms. The first kappa shape index (κ1) is 36.1. The number of nitrogens with zero attached hydrogens (tertiary/aromatic N) is 3. The number of hydrogen-bond donors (Lipinski definition) is 0. The van der Waals surface area contributed by atoms with E-state index in [1.54, 1.807) is 6.20 Å². The fourth-order valence-corrected chi connectivity index (χ4v) is 8.01. The molecule has 1 unspecified atom stereocenters. The van der Waals surface area contributed by atoms with E-state index in [2.05, 4.69) is 112 Å². The summed E-state index contributed by atoms with van der Waals surface area (Å²) in [6.45, 7) is 21.1. The molecular weight excluding hydrogens is 831 g/mol. The molecule has 52 heavy (non-hydrogen) atoms. The molecule has 0 aliphatic heterocycles. The van der Waals surface area contributed by atoms with Crippen molar-refractivity contribution in [3.05, 3.63) is 132 Å². The summed E-state index contributed by atoms with van der Waals surface area (Å²) in [7, 11) is -1.50. The number of rotatable bonds is 7. The van der Waals surface area contributed by atoms with Gasteiger partial charge in [-0.25, -0.2) is 4.98 Å². The van der Waals surface area contributed by atoms with E-state index >= 15 is 0 Å². The fraction of sp³-hybridized carbons (Fsp3) is 0.283. The first-order valence-electron chi connectivity index (χ1n) is 18.7. The topological polar surface area (TPSA) is 51.8 Å². The fourth-order valence-electron chi connectivity index (χ4n) is 6.43. The Morgan fingerprint density at radius 1 is 0.750 bits per heavy atom. The quantitative estimate of drug-likeness (QED) is 0.118. The molecule has 1 radical (unpaired) electrons. The average Bonchev–Trinajstić information content (AvgIpc) is 3.48. The molecule has 1 atom stereocenters. The van der Waals surface area contributed by atoms with Crippen LogP contribution in [-0.2, 0) is 20.1 Å². The molecule has 0 N–H and O–H groups in total. The van der Waals surface area contributed by atoms with Crippen LogP contribution in [0, 0.1) is 31.9 Å². The van der Waals surface area contributed by atoms with Gasteiger partial charge in [0.2, 0.25) is 5.71 Å². The van der Waals surface area contributed by atoms with Crippen LogP contribution in [0.2, 0.25) is 19.6 Å². The summed E-state index contributed by atoms with van der Waals surface area (Å²) in [5, 5.41) is 3.24. The third kappa shape index (κ3) is 8.36. The molecule has 4 heterocycles. The van der Waals surface area contributed by atoms with E-state index in [9.17, 15) is 0 Å². The van der Waals surface area contributed by atoms with E-state index in [1.807, 2.05) is 69.4 Å². The van der Waals surface area contributed by atoms with E-state index in [-0.39, 0.29) is 26.0 Å². The molecule has 0 aliphatic carbocycles. The molecule has 0 bridgehead atoms. The first-order chi connectivity index (χ1) is 24.9. The van der Waals surface area contributed by atoms with Gasteiger partial charge in [0, 0.05) is 46.2 Å². The van der Waals surface area contributed by atoms with E-state index in [1.165, 1.54) is 16.3 Å². The summed E-state index contributed by atoms with van der Waals surface area (Å²) >= 11 is 0. The minimum atomic E-state index is -1.50. The number of aryl methyl sites for hydroxylation is 2. The Balaban J connectivity index is 0.000000230. The maximum absolute atomic E-state index is 8.76. The summed E-state index contributed by atoms with van der Waals surface area (Å²) < 4.78 is 23.3. The normalized spacial score (nSPS) is 13.5. The van der Waals surface area contributed by atoms with Crippen LogP contribution in [-0.4, -0.2) is 23.0 Å². The van der Waals surface area contributed by atoms with Crippen LogP contribution >= 0.6 is 0 Å². The van der Waals surface area contributed by atoms with Gasteiger partial charge in [-0.2, -0.15) is 0 Å². The number of aromatic nitrogens is 3. The molecule has 7 rings (SSSR count). The second-order valence-corrected chi connectivity index (χ2v) is 20.0. The molecule has 0 saturated heterocycles. The van der Waals surface area contributed by atoms with E-state index < -0.39 is 19.9 Å². The Morgan fingerprint density at radius 3 is 2.13 bits per heavy atom.